The second kappa shape index (κ2) is 4.78. The molecule has 0 fully saturated rings. The minimum absolute atomic E-state index is 0.200. The average molecular weight is 301 g/mol. The molecule has 3 nitrogen and oxygen atoms in total. The molecule has 0 saturated carbocycles. The molecule has 4 rings (SSSR count). The van der Waals surface area contributed by atoms with E-state index in [2.05, 4.69) is 26.0 Å². The fraction of sp³-hybridized carbons (Fsp3) is 0.100. The molecule has 0 aliphatic carbocycles. The van der Waals surface area contributed by atoms with E-state index in [4.69, 9.17) is 0 Å². The Morgan fingerprint density at radius 3 is 2.26 bits per heavy atom. The van der Waals surface area contributed by atoms with Gasteiger partial charge in [-0.3, -0.25) is 10.1 Å². The number of fused-ring (bicyclic) bond motifs is 4. The number of non-ortho nitro benzene ring substituents is 1. The molecule has 3 heteroatoms. The Hall–Kier alpha value is -2.94. The van der Waals surface area contributed by atoms with Gasteiger partial charge < -0.3 is 0 Å². The lowest BCUT2D eigenvalue weighted by molar-refractivity contribution is -0.381. The maximum atomic E-state index is 11.8. The van der Waals surface area contributed by atoms with E-state index in [1.165, 1.54) is 0 Å². The molecule has 4 aromatic carbocycles. The maximum Gasteiger partial charge on any atom is 0.284 e. The highest BCUT2D eigenvalue weighted by Crippen LogP contribution is 2.41. The van der Waals surface area contributed by atoms with Crippen LogP contribution in [-0.2, 0) is 0 Å². The van der Waals surface area contributed by atoms with Gasteiger partial charge in [-0.15, -0.1) is 0 Å². The normalized spacial score (nSPS) is 11.4. The minimum atomic E-state index is -0.256. The van der Waals surface area contributed by atoms with Crippen molar-refractivity contribution in [1.29, 1.82) is 0 Å². The fourth-order valence-electron chi connectivity index (χ4n) is 3.64. The van der Waals surface area contributed by atoms with E-state index in [1.807, 2.05) is 42.5 Å². The van der Waals surface area contributed by atoms with Crippen LogP contribution in [0.5, 0.6) is 0 Å². The Kier molecular flexibility index (Phi) is 2.85. The van der Waals surface area contributed by atoms with Crippen molar-refractivity contribution in [3.8, 4) is 0 Å². The third kappa shape index (κ3) is 1.83. The molecule has 0 amide bonds. The molecule has 0 aliphatic heterocycles. The molecular weight excluding hydrogens is 286 g/mol. The van der Waals surface area contributed by atoms with Gasteiger partial charge >= 0.3 is 0 Å². The molecule has 0 aliphatic rings. The summed E-state index contributed by atoms with van der Waals surface area (Å²) < 4.78 is 0. The van der Waals surface area contributed by atoms with Gasteiger partial charge in [0.2, 0.25) is 0 Å². The van der Waals surface area contributed by atoms with Crippen molar-refractivity contribution in [2.75, 3.05) is 0 Å². The van der Waals surface area contributed by atoms with Crippen molar-refractivity contribution < 1.29 is 4.92 Å². The lowest BCUT2D eigenvalue weighted by atomic mass is 9.90. The summed E-state index contributed by atoms with van der Waals surface area (Å²) in [5, 5.41) is 17.3. The summed E-state index contributed by atoms with van der Waals surface area (Å²) in [6, 6.07) is 17.6. The van der Waals surface area contributed by atoms with Crippen molar-refractivity contribution in [2.45, 2.75) is 13.8 Å². The molecule has 0 unspecified atom stereocenters. The van der Waals surface area contributed by atoms with Gasteiger partial charge in [0, 0.05) is 5.39 Å². The lowest BCUT2D eigenvalue weighted by Gasteiger charge is -2.13. The fourth-order valence-corrected chi connectivity index (χ4v) is 3.64. The van der Waals surface area contributed by atoms with Gasteiger partial charge in [0.1, 0.15) is 0 Å². The van der Waals surface area contributed by atoms with Gasteiger partial charge in [-0.1, -0.05) is 42.5 Å². The Bertz CT molecular complexity index is 1110. The Balaban J connectivity index is 2.42. The van der Waals surface area contributed by atoms with E-state index in [0.29, 0.717) is 10.8 Å². The van der Waals surface area contributed by atoms with Gasteiger partial charge in [-0.05, 0) is 53.3 Å². The molecular formula is C20H15NO2. The van der Waals surface area contributed by atoms with Crippen LogP contribution in [0.15, 0.2) is 54.6 Å². The van der Waals surface area contributed by atoms with Gasteiger partial charge in [0.25, 0.3) is 5.69 Å². The molecule has 23 heavy (non-hydrogen) atoms. The third-order valence-electron chi connectivity index (χ3n) is 4.65. The summed E-state index contributed by atoms with van der Waals surface area (Å²) in [4.78, 5) is 11.5. The number of rotatable bonds is 1. The van der Waals surface area contributed by atoms with Crippen LogP contribution in [0.3, 0.4) is 0 Å². The average Bonchev–Trinajstić information content (AvgIpc) is 2.55. The van der Waals surface area contributed by atoms with E-state index in [0.717, 1.165) is 32.7 Å². The van der Waals surface area contributed by atoms with Crippen molar-refractivity contribution in [3.63, 3.8) is 0 Å². The standard InChI is InChI=1S/C20H15NO2/c1-12-6-5-7-14-10-11-17-19(18(12)14)13(2)15-8-3-4-9-16(15)20(17)21(22)23/h3-11H,1-2H3. The smallest absolute Gasteiger partial charge is 0.258 e. The number of nitro groups is 1. The first-order chi connectivity index (χ1) is 11.1. The number of benzene rings is 4. The van der Waals surface area contributed by atoms with Crippen molar-refractivity contribution in [3.05, 3.63) is 75.8 Å². The van der Waals surface area contributed by atoms with E-state index in [1.54, 1.807) is 0 Å². The monoisotopic (exact) mass is 301 g/mol. The van der Waals surface area contributed by atoms with E-state index >= 15 is 0 Å². The first-order valence-corrected chi connectivity index (χ1v) is 7.57. The molecule has 0 saturated heterocycles. The van der Waals surface area contributed by atoms with Gasteiger partial charge in [-0.2, -0.15) is 0 Å². The summed E-state index contributed by atoms with van der Waals surface area (Å²) in [6.07, 6.45) is 0. The van der Waals surface area contributed by atoms with Gasteiger partial charge in [0.15, 0.2) is 0 Å². The first-order valence-electron chi connectivity index (χ1n) is 7.57. The van der Waals surface area contributed by atoms with Crippen LogP contribution in [-0.4, -0.2) is 4.92 Å². The van der Waals surface area contributed by atoms with Crippen LogP contribution in [0.25, 0.3) is 32.3 Å². The van der Waals surface area contributed by atoms with Crippen LogP contribution < -0.4 is 0 Å². The van der Waals surface area contributed by atoms with Gasteiger partial charge in [0.05, 0.1) is 15.7 Å². The van der Waals surface area contributed by atoms with Gasteiger partial charge in [-0.25, -0.2) is 0 Å². The summed E-state index contributed by atoms with van der Waals surface area (Å²) in [5.74, 6) is 0. The molecule has 0 spiro atoms. The number of hydrogen-bond donors (Lipinski definition) is 0. The maximum absolute atomic E-state index is 11.8. The zero-order valence-electron chi connectivity index (χ0n) is 13.0. The first kappa shape index (κ1) is 13.7. The topological polar surface area (TPSA) is 43.1 Å². The molecule has 0 radical (unpaired) electrons. The predicted molar refractivity (Wildman–Crippen MR) is 95.1 cm³/mol. The van der Waals surface area contributed by atoms with Crippen molar-refractivity contribution in [1.82, 2.24) is 0 Å². The highest BCUT2D eigenvalue weighted by atomic mass is 16.6. The number of aryl methyl sites for hydroxylation is 2. The second-order valence-corrected chi connectivity index (χ2v) is 5.94. The lowest BCUT2D eigenvalue weighted by Crippen LogP contribution is -1.95. The molecule has 0 atom stereocenters. The minimum Gasteiger partial charge on any atom is -0.258 e. The highest BCUT2D eigenvalue weighted by Gasteiger charge is 2.21. The predicted octanol–water partition coefficient (Wildman–Crippen LogP) is 5.67. The molecule has 0 aromatic heterocycles. The Morgan fingerprint density at radius 2 is 1.52 bits per heavy atom. The van der Waals surface area contributed by atoms with E-state index in [-0.39, 0.29) is 10.6 Å². The zero-order valence-corrected chi connectivity index (χ0v) is 13.0. The van der Waals surface area contributed by atoms with Crippen molar-refractivity contribution >= 4 is 38.0 Å². The summed E-state index contributed by atoms with van der Waals surface area (Å²) in [6.45, 7) is 4.11. The Labute approximate surface area is 133 Å². The van der Waals surface area contributed by atoms with E-state index < -0.39 is 0 Å². The number of hydrogen-bond acceptors (Lipinski definition) is 2. The molecule has 112 valence electrons. The molecule has 4 aromatic rings. The SMILES string of the molecule is Cc1cccc2ccc3c([N+](=O)[O-])c4ccccc4c(C)c3c12. The van der Waals surface area contributed by atoms with Crippen LogP contribution in [0, 0.1) is 24.0 Å². The molecule has 0 heterocycles. The summed E-state index contributed by atoms with van der Waals surface area (Å²) in [7, 11) is 0. The van der Waals surface area contributed by atoms with Crippen LogP contribution in [0.2, 0.25) is 0 Å². The highest BCUT2D eigenvalue weighted by molar-refractivity contribution is 6.20. The zero-order chi connectivity index (χ0) is 16.1. The summed E-state index contributed by atoms with van der Waals surface area (Å²) in [5.41, 5.74) is 2.44. The van der Waals surface area contributed by atoms with Crippen LogP contribution >= 0.6 is 0 Å². The largest absolute Gasteiger partial charge is 0.284 e. The number of nitrogens with zero attached hydrogens (tertiary/aromatic N) is 1. The third-order valence-corrected chi connectivity index (χ3v) is 4.65. The van der Waals surface area contributed by atoms with Crippen LogP contribution in [0.4, 0.5) is 5.69 Å². The second-order valence-electron chi connectivity index (χ2n) is 5.94. The molecule has 0 N–H and O–H groups in total. The van der Waals surface area contributed by atoms with Crippen LogP contribution in [0.1, 0.15) is 11.1 Å². The molecule has 0 bridgehead atoms. The summed E-state index contributed by atoms with van der Waals surface area (Å²) >= 11 is 0. The number of nitro benzene ring substituents is 1. The van der Waals surface area contributed by atoms with Crippen molar-refractivity contribution in [2.24, 2.45) is 0 Å². The van der Waals surface area contributed by atoms with E-state index in [9.17, 15) is 10.1 Å². The Morgan fingerprint density at radius 1 is 0.783 bits per heavy atom. The quantitative estimate of drug-likeness (QED) is 0.197.